The highest BCUT2D eigenvalue weighted by atomic mass is 19.1. The first-order valence-electron chi connectivity index (χ1n) is 9.68. The Morgan fingerprint density at radius 1 is 1.21 bits per heavy atom. The fourth-order valence-corrected chi connectivity index (χ4v) is 3.33. The number of halogens is 1. The van der Waals surface area contributed by atoms with Crippen molar-refractivity contribution in [3.8, 4) is 0 Å². The second-order valence-electron chi connectivity index (χ2n) is 6.67. The third kappa shape index (κ3) is 6.00. The molecule has 0 amide bonds. The summed E-state index contributed by atoms with van der Waals surface area (Å²) in [4.78, 5) is 11.0. The fourth-order valence-electron chi connectivity index (χ4n) is 3.33. The smallest absolute Gasteiger partial charge is 0.191 e. The Morgan fingerprint density at radius 2 is 2.07 bits per heavy atom. The largest absolute Gasteiger partial charge is 0.379 e. The Morgan fingerprint density at radius 3 is 2.79 bits per heavy atom. The van der Waals surface area contributed by atoms with Gasteiger partial charge < -0.3 is 15.4 Å². The molecule has 150 valence electrons. The van der Waals surface area contributed by atoms with Gasteiger partial charge in [-0.2, -0.15) is 0 Å². The van der Waals surface area contributed by atoms with Crippen molar-refractivity contribution in [1.82, 2.24) is 20.5 Å². The minimum Gasteiger partial charge on any atom is -0.379 e. The predicted octanol–water partition coefficient (Wildman–Crippen LogP) is 2.00. The summed E-state index contributed by atoms with van der Waals surface area (Å²) >= 11 is 0. The highest BCUT2D eigenvalue weighted by molar-refractivity contribution is 5.79. The number of guanidine groups is 1. The lowest BCUT2D eigenvalue weighted by atomic mass is 10.0. The number of nitrogens with zero attached hydrogens (tertiary/aromatic N) is 3. The summed E-state index contributed by atoms with van der Waals surface area (Å²) in [6.07, 6.45) is 2.62. The summed E-state index contributed by atoms with van der Waals surface area (Å²) in [5, 5.41) is 6.71. The first kappa shape index (κ1) is 20.2. The van der Waals surface area contributed by atoms with Crippen LogP contribution in [-0.2, 0) is 11.2 Å². The number of rotatable bonds is 7. The van der Waals surface area contributed by atoms with Crippen LogP contribution in [0.1, 0.15) is 17.3 Å². The second kappa shape index (κ2) is 10.7. The monoisotopic (exact) mass is 385 g/mol. The van der Waals surface area contributed by atoms with E-state index in [1.54, 1.807) is 25.4 Å². The molecule has 1 fully saturated rings. The van der Waals surface area contributed by atoms with E-state index in [0.717, 1.165) is 43.3 Å². The molecule has 28 heavy (non-hydrogen) atoms. The van der Waals surface area contributed by atoms with Crippen molar-refractivity contribution < 1.29 is 9.13 Å². The Balaban J connectivity index is 1.58. The Bertz CT molecular complexity index is 749. The lowest BCUT2D eigenvalue weighted by molar-refractivity contribution is 0.0169. The van der Waals surface area contributed by atoms with Gasteiger partial charge in [0.25, 0.3) is 0 Å². The van der Waals surface area contributed by atoms with Gasteiger partial charge >= 0.3 is 0 Å². The third-order valence-corrected chi connectivity index (χ3v) is 4.81. The van der Waals surface area contributed by atoms with Gasteiger partial charge in [-0.15, -0.1) is 0 Å². The van der Waals surface area contributed by atoms with E-state index in [0.29, 0.717) is 19.8 Å². The van der Waals surface area contributed by atoms with Crippen molar-refractivity contribution in [3.05, 3.63) is 65.7 Å². The Labute approximate surface area is 165 Å². The number of hydrogen-bond donors (Lipinski definition) is 2. The lowest BCUT2D eigenvalue weighted by Gasteiger charge is -2.35. The van der Waals surface area contributed by atoms with Crippen LogP contribution in [0.5, 0.6) is 0 Å². The number of nitrogens with one attached hydrogen (secondary N) is 2. The van der Waals surface area contributed by atoms with Gasteiger partial charge in [-0.1, -0.05) is 18.2 Å². The van der Waals surface area contributed by atoms with E-state index >= 15 is 0 Å². The molecule has 1 unspecified atom stereocenters. The molecule has 1 atom stereocenters. The van der Waals surface area contributed by atoms with Gasteiger partial charge in [0, 0.05) is 51.5 Å². The van der Waals surface area contributed by atoms with Crippen LogP contribution < -0.4 is 10.6 Å². The van der Waals surface area contributed by atoms with Crippen molar-refractivity contribution in [2.75, 3.05) is 46.4 Å². The van der Waals surface area contributed by atoms with Crippen LogP contribution in [0.25, 0.3) is 0 Å². The van der Waals surface area contributed by atoms with Gasteiger partial charge in [0.1, 0.15) is 5.82 Å². The van der Waals surface area contributed by atoms with Gasteiger partial charge in [-0.25, -0.2) is 4.39 Å². The maximum Gasteiger partial charge on any atom is 0.191 e. The molecule has 7 heteroatoms. The van der Waals surface area contributed by atoms with Crippen LogP contribution in [0.3, 0.4) is 0 Å². The van der Waals surface area contributed by atoms with Crippen molar-refractivity contribution in [2.45, 2.75) is 12.5 Å². The zero-order valence-electron chi connectivity index (χ0n) is 16.3. The molecule has 1 saturated heterocycles. The van der Waals surface area contributed by atoms with Crippen molar-refractivity contribution in [1.29, 1.82) is 0 Å². The van der Waals surface area contributed by atoms with Crippen molar-refractivity contribution in [2.24, 2.45) is 4.99 Å². The molecule has 3 rings (SSSR count). The second-order valence-corrected chi connectivity index (χ2v) is 6.67. The minimum atomic E-state index is -0.214. The molecule has 6 nitrogen and oxygen atoms in total. The topological polar surface area (TPSA) is 61.8 Å². The first-order chi connectivity index (χ1) is 13.8. The van der Waals surface area contributed by atoms with E-state index < -0.39 is 0 Å². The van der Waals surface area contributed by atoms with E-state index in [1.165, 1.54) is 6.07 Å². The number of benzene rings is 1. The molecule has 0 spiro atoms. The van der Waals surface area contributed by atoms with Gasteiger partial charge in [-0.3, -0.25) is 14.9 Å². The summed E-state index contributed by atoms with van der Waals surface area (Å²) in [6, 6.07) is 12.8. The van der Waals surface area contributed by atoms with E-state index in [2.05, 4.69) is 25.5 Å². The summed E-state index contributed by atoms with van der Waals surface area (Å²) in [7, 11) is 1.75. The number of ether oxygens (including phenoxy) is 1. The molecule has 2 N–H and O–H groups in total. The van der Waals surface area contributed by atoms with Crippen LogP contribution in [0.4, 0.5) is 4.39 Å². The van der Waals surface area contributed by atoms with Crippen LogP contribution in [0.2, 0.25) is 0 Å². The van der Waals surface area contributed by atoms with Crippen LogP contribution in [0.15, 0.2) is 53.7 Å². The SMILES string of the molecule is CN=C(NCCc1ccccn1)NCC(c1cccc(F)c1)N1CCOCC1. The predicted molar refractivity (Wildman–Crippen MR) is 109 cm³/mol. The quantitative estimate of drug-likeness (QED) is 0.564. The summed E-state index contributed by atoms with van der Waals surface area (Å²) in [5.74, 6) is 0.513. The molecule has 1 aromatic carbocycles. The van der Waals surface area contributed by atoms with E-state index in [1.807, 2.05) is 24.3 Å². The first-order valence-corrected chi connectivity index (χ1v) is 9.68. The number of hydrogen-bond acceptors (Lipinski definition) is 4. The minimum absolute atomic E-state index is 0.0499. The molecule has 1 aromatic heterocycles. The zero-order chi connectivity index (χ0) is 19.6. The van der Waals surface area contributed by atoms with Crippen LogP contribution in [0, 0.1) is 5.82 Å². The van der Waals surface area contributed by atoms with E-state index in [4.69, 9.17) is 4.74 Å². The number of aliphatic imine (C=N–C) groups is 1. The van der Waals surface area contributed by atoms with Gasteiger partial charge in [-0.05, 0) is 29.8 Å². The lowest BCUT2D eigenvalue weighted by Crippen LogP contribution is -2.46. The average molecular weight is 385 g/mol. The van der Waals surface area contributed by atoms with Gasteiger partial charge in [0.05, 0.1) is 19.3 Å². The number of morpholine rings is 1. The standard InChI is InChI=1S/C21H28FN5O/c1-23-21(25-10-8-19-7-2-3-9-24-19)26-16-20(27-11-13-28-14-12-27)17-5-4-6-18(22)15-17/h2-7,9,15,20H,8,10-14,16H2,1H3,(H2,23,25,26). The normalized spacial score (nSPS) is 16.6. The Hall–Kier alpha value is -2.51. The van der Waals surface area contributed by atoms with Gasteiger partial charge in [0.2, 0.25) is 0 Å². The molecule has 1 aliphatic rings. The highest BCUT2D eigenvalue weighted by Gasteiger charge is 2.23. The summed E-state index contributed by atoms with van der Waals surface area (Å²) in [5.41, 5.74) is 2.00. The molecule has 2 aromatic rings. The molecule has 0 saturated carbocycles. The highest BCUT2D eigenvalue weighted by Crippen LogP contribution is 2.22. The maximum absolute atomic E-state index is 13.8. The van der Waals surface area contributed by atoms with Crippen molar-refractivity contribution in [3.63, 3.8) is 0 Å². The molecule has 0 bridgehead atoms. The molecule has 2 heterocycles. The molecule has 0 aliphatic carbocycles. The molecule has 0 radical (unpaired) electrons. The van der Waals surface area contributed by atoms with Crippen LogP contribution >= 0.6 is 0 Å². The molecular formula is C21H28FN5O. The van der Waals surface area contributed by atoms with Crippen LogP contribution in [-0.4, -0.2) is 62.3 Å². The van der Waals surface area contributed by atoms with Crippen molar-refractivity contribution >= 4 is 5.96 Å². The van der Waals surface area contributed by atoms with E-state index in [-0.39, 0.29) is 11.9 Å². The fraction of sp³-hybridized carbons (Fsp3) is 0.429. The molecule has 1 aliphatic heterocycles. The molecular weight excluding hydrogens is 357 g/mol. The summed E-state index contributed by atoms with van der Waals surface area (Å²) < 4.78 is 19.3. The van der Waals surface area contributed by atoms with E-state index in [9.17, 15) is 4.39 Å². The maximum atomic E-state index is 13.8. The average Bonchev–Trinajstić information content (AvgIpc) is 2.74. The van der Waals surface area contributed by atoms with Gasteiger partial charge in [0.15, 0.2) is 5.96 Å². The number of pyridine rings is 1. The number of aromatic nitrogens is 1. The third-order valence-electron chi connectivity index (χ3n) is 4.81. The zero-order valence-corrected chi connectivity index (χ0v) is 16.3. The Kier molecular flexibility index (Phi) is 7.75. The summed E-state index contributed by atoms with van der Waals surface area (Å²) in [6.45, 7) is 4.42.